The van der Waals surface area contributed by atoms with Crippen molar-refractivity contribution in [2.45, 2.75) is 19.4 Å². The van der Waals surface area contributed by atoms with E-state index in [-0.39, 0.29) is 6.04 Å². The van der Waals surface area contributed by atoms with Crippen LogP contribution < -0.4 is 5.73 Å². The molecule has 0 amide bonds. The van der Waals surface area contributed by atoms with Crippen LogP contribution in [0.1, 0.15) is 13.3 Å². The van der Waals surface area contributed by atoms with Crippen LogP contribution in [0.4, 0.5) is 0 Å². The summed E-state index contributed by atoms with van der Waals surface area (Å²) in [4.78, 5) is 0. The van der Waals surface area contributed by atoms with E-state index in [1.807, 2.05) is 6.92 Å². The van der Waals surface area contributed by atoms with Gasteiger partial charge in [-0.05, 0) is 13.3 Å². The average molecular weight is 147 g/mol. The minimum absolute atomic E-state index is 0.238. The number of rotatable bonds is 6. The Morgan fingerprint density at radius 2 is 2.00 bits per heavy atom. The maximum absolute atomic E-state index is 5.50. The standard InChI is InChI=1S/C7H17NO2/c1-7(8)3-4-10-6-5-9-2/h7H,3-6,8H2,1-2H3/t7-/m0/s1. The van der Waals surface area contributed by atoms with Crippen LogP contribution in [0.5, 0.6) is 0 Å². The summed E-state index contributed by atoms with van der Waals surface area (Å²) >= 11 is 0. The lowest BCUT2D eigenvalue weighted by molar-refractivity contribution is 0.0678. The molecule has 0 fully saturated rings. The van der Waals surface area contributed by atoms with Crippen molar-refractivity contribution in [2.75, 3.05) is 26.9 Å². The first-order chi connectivity index (χ1) is 4.77. The molecule has 0 rings (SSSR count). The van der Waals surface area contributed by atoms with Gasteiger partial charge in [-0.3, -0.25) is 0 Å². The first-order valence-electron chi connectivity index (χ1n) is 3.59. The molecular formula is C7H17NO2. The number of ether oxygens (including phenoxy) is 2. The molecule has 0 saturated carbocycles. The molecule has 0 aliphatic rings. The fraction of sp³-hybridized carbons (Fsp3) is 1.00. The van der Waals surface area contributed by atoms with Crippen molar-refractivity contribution in [3.05, 3.63) is 0 Å². The summed E-state index contributed by atoms with van der Waals surface area (Å²) in [6, 6.07) is 0.238. The highest BCUT2D eigenvalue weighted by Crippen LogP contribution is 1.86. The Bertz CT molecular complexity index is 66.6. The van der Waals surface area contributed by atoms with Gasteiger partial charge in [0.1, 0.15) is 0 Å². The molecule has 0 spiro atoms. The zero-order valence-corrected chi connectivity index (χ0v) is 6.80. The summed E-state index contributed by atoms with van der Waals surface area (Å²) in [5.74, 6) is 0. The van der Waals surface area contributed by atoms with E-state index in [0.29, 0.717) is 13.2 Å². The SMILES string of the molecule is COCCOCC[C@H](C)N. The van der Waals surface area contributed by atoms with Crippen molar-refractivity contribution in [2.24, 2.45) is 5.73 Å². The Kier molecular flexibility index (Phi) is 6.91. The second-order valence-corrected chi connectivity index (χ2v) is 2.37. The Hall–Kier alpha value is -0.120. The minimum atomic E-state index is 0.238. The maximum Gasteiger partial charge on any atom is 0.0700 e. The lowest BCUT2D eigenvalue weighted by Crippen LogP contribution is -2.17. The van der Waals surface area contributed by atoms with E-state index in [4.69, 9.17) is 15.2 Å². The first kappa shape index (κ1) is 9.88. The van der Waals surface area contributed by atoms with Crippen molar-refractivity contribution < 1.29 is 9.47 Å². The molecule has 0 unspecified atom stereocenters. The van der Waals surface area contributed by atoms with Gasteiger partial charge in [-0.2, -0.15) is 0 Å². The molecule has 62 valence electrons. The molecule has 0 heterocycles. The fourth-order valence-corrected chi connectivity index (χ4v) is 0.514. The largest absolute Gasteiger partial charge is 0.382 e. The van der Waals surface area contributed by atoms with Gasteiger partial charge in [0.2, 0.25) is 0 Å². The Labute approximate surface area is 62.5 Å². The van der Waals surface area contributed by atoms with Crippen LogP contribution in [0.2, 0.25) is 0 Å². The van der Waals surface area contributed by atoms with Crippen LogP contribution in [0, 0.1) is 0 Å². The third-order valence-electron chi connectivity index (χ3n) is 1.15. The topological polar surface area (TPSA) is 44.5 Å². The number of hydrogen-bond donors (Lipinski definition) is 1. The van der Waals surface area contributed by atoms with Gasteiger partial charge in [-0.25, -0.2) is 0 Å². The van der Waals surface area contributed by atoms with Gasteiger partial charge in [-0.1, -0.05) is 0 Å². The van der Waals surface area contributed by atoms with Crippen molar-refractivity contribution in [1.29, 1.82) is 0 Å². The molecule has 3 heteroatoms. The molecule has 0 aliphatic carbocycles. The van der Waals surface area contributed by atoms with Crippen molar-refractivity contribution in [3.8, 4) is 0 Å². The number of nitrogens with two attached hydrogens (primary N) is 1. The monoisotopic (exact) mass is 147 g/mol. The van der Waals surface area contributed by atoms with Gasteiger partial charge in [-0.15, -0.1) is 0 Å². The van der Waals surface area contributed by atoms with E-state index < -0.39 is 0 Å². The van der Waals surface area contributed by atoms with Gasteiger partial charge < -0.3 is 15.2 Å². The molecule has 0 bridgehead atoms. The molecule has 3 nitrogen and oxygen atoms in total. The van der Waals surface area contributed by atoms with Crippen LogP contribution in [-0.4, -0.2) is 33.0 Å². The van der Waals surface area contributed by atoms with Crippen molar-refractivity contribution >= 4 is 0 Å². The van der Waals surface area contributed by atoms with Crippen LogP contribution in [0.3, 0.4) is 0 Å². The van der Waals surface area contributed by atoms with Gasteiger partial charge in [0, 0.05) is 19.8 Å². The smallest absolute Gasteiger partial charge is 0.0700 e. The fourth-order valence-electron chi connectivity index (χ4n) is 0.514. The minimum Gasteiger partial charge on any atom is -0.382 e. The summed E-state index contributed by atoms with van der Waals surface area (Å²) in [5, 5.41) is 0. The second kappa shape index (κ2) is 6.99. The zero-order chi connectivity index (χ0) is 7.82. The van der Waals surface area contributed by atoms with E-state index >= 15 is 0 Å². The third kappa shape index (κ3) is 7.88. The lowest BCUT2D eigenvalue weighted by atomic mass is 10.3. The molecular weight excluding hydrogens is 130 g/mol. The van der Waals surface area contributed by atoms with E-state index in [1.165, 1.54) is 0 Å². The normalized spacial score (nSPS) is 13.5. The third-order valence-corrected chi connectivity index (χ3v) is 1.15. The number of methoxy groups -OCH3 is 1. The highest BCUT2D eigenvalue weighted by Gasteiger charge is 1.92. The first-order valence-corrected chi connectivity index (χ1v) is 3.59. The molecule has 0 saturated heterocycles. The molecule has 0 aliphatic heterocycles. The molecule has 0 aromatic rings. The van der Waals surface area contributed by atoms with Gasteiger partial charge in [0.05, 0.1) is 13.2 Å². The predicted molar refractivity (Wildman–Crippen MR) is 41.0 cm³/mol. The lowest BCUT2D eigenvalue weighted by Gasteiger charge is -2.05. The van der Waals surface area contributed by atoms with E-state index in [9.17, 15) is 0 Å². The van der Waals surface area contributed by atoms with Crippen LogP contribution >= 0.6 is 0 Å². The van der Waals surface area contributed by atoms with Crippen LogP contribution in [0.15, 0.2) is 0 Å². The summed E-state index contributed by atoms with van der Waals surface area (Å²) in [5.41, 5.74) is 5.50. The Morgan fingerprint density at radius 1 is 1.30 bits per heavy atom. The number of hydrogen-bond acceptors (Lipinski definition) is 3. The van der Waals surface area contributed by atoms with E-state index in [0.717, 1.165) is 13.0 Å². The molecule has 0 radical (unpaired) electrons. The highest BCUT2D eigenvalue weighted by atomic mass is 16.5. The second-order valence-electron chi connectivity index (χ2n) is 2.37. The Morgan fingerprint density at radius 3 is 2.50 bits per heavy atom. The summed E-state index contributed by atoms with van der Waals surface area (Å²) < 4.78 is 9.97. The quantitative estimate of drug-likeness (QED) is 0.553. The van der Waals surface area contributed by atoms with E-state index in [2.05, 4.69) is 0 Å². The van der Waals surface area contributed by atoms with Crippen LogP contribution in [-0.2, 0) is 9.47 Å². The van der Waals surface area contributed by atoms with E-state index in [1.54, 1.807) is 7.11 Å². The van der Waals surface area contributed by atoms with Gasteiger partial charge >= 0.3 is 0 Å². The average Bonchev–Trinajstić information content (AvgIpc) is 1.87. The summed E-state index contributed by atoms with van der Waals surface area (Å²) in [7, 11) is 1.66. The van der Waals surface area contributed by atoms with Crippen molar-refractivity contribution in [1.82, 2.24) is 0 Å². The Balaban J connectivity index is 2.77. The van der Waals surface area contributed by atoms with Gasteiger partial charge in [0.25, 0.3) is 0 Å². The summed E-state index contributed by atoms with van der Waals surface area (Å²) in [6.07, 6.45) is 0.920. The highest BCUT2D eigenvalue weighted by molar-refractivity contribution is 4.50. The predicted octanol–water partition coefficient (Wildman–Crippen LogP) is 0.387. The molecule has 10 heavy (non-hydrogen) atoms. The molecule has 0 aromatic carbocycles. The van der Waals surface area contributed by atoms with Gasteiger partial charge in [0.15, 0.2) is 0 Å². The molecule has 1 atom stereocenters. The summed E-state index contributed by atoms with van der Waals surface area (Å²) in [6.45, 7) is 4.04. The molecule has 2 N–H and O–H groups in total. The molecule has 0 aromatic heterocycles. The van der Waals surface area contributed by atoms with Crippen LogP contribution in [0.25, 0.3) is 0 Å². The van der Waals surface area contributed by atoms with Crippen molar-refractivity contribution in [3.63, 3.8) is 0 Å². The zero-order valence-electron chi connectivity index (χ0n) is 6.80. The maximum atomic E-state index is 5.50.